The van der Waals surface area contributed by atoms with Crippen molar-refractivity contribution in [3.05, 3.63) is 48.3 Å². The van der Waals surface area contributed by atoms with E-state index in [4.69, 9.17) is 5.73 Å². The Morgan fingerprint density at radius 2 is 2.04 bits per heavy atom. The van der Waals surface area contributed by atoms with Crippen LogP contribution in [0, 0.1) is 17.2 Å². The summed E-state index contributed by atoms with van der Waals surface area (Å²) in [5.41, 5.74) is 6.52. The van der Waals surface area contributed by atoms with E-state index in [1.54, 1.807) is 0 Å². The van der Waals surface area contributed by atoms with Crippen LogP contribution in [0.3, 0.4) is 0 Å². The zero-order chi connectivity index (χ0) is 17.6. The average molecular weight is 334 g/mol. The predicted octanol–water partition coefficient (Wildman–Crippen LogP) is 2.73. The molecule has 1 aliphatic rings. The minimum Gasteiger partial charge on any atom is -0.368 e. The second-order valence-corrected chi connectivity index (χ2v) is 5.81. The Labute approximate surface area is 145 Å². The molecule has 0 aliphatic heterocycles. The Hall–Kier alpha value is -3.27. The molecule has 2 atom stereocenters. The van der Waals surface area contributed by atoms with Crippen LogP contribution in [-0.2, 0) is 4.79 Å². The van der Waals surface area contributed by atoms with E-state index >= 15 is 0 Å². The van der Waals surface area contributed by atoms with E-state index in [2.05, 4.69) is 20.3 Å². The molecular formula is C18H18N6O. The molecule has 7 nitrogen and oxygen atoms in total. The number of carbonyl (C=O) groups is 1. The van der Waals surface area contributed by atoms with E-state index in [0.29, 0.717) is 6.42 Å². The van der Waals surface area contributed by atoms with Gasteiger partial charge in [-0.15, -0.1) is 0 Å². The van der Waals surface area contributed by atoms with E-state index in [0.717, 1.165) is 18.5 Å². The minimum atomic E-state index is -1.04. The van der Waals surface area contributed by atoms with Gasteiger partial charge in [-0.2, -0.15) is 20.2 Å². The number of nitrogens with two attached hydrogens (primary N) is 1. The molecular weight excluding hydrogens is 316 g/mol. The third-order valence-corrected chi connectivity index (χ3v) is 4.04. The molecule has 3 N–H and O–H groups in total. The lowest BCUT2D eigenvalue weighted by Crippen LogP contribution is -2.24. The van der Waals surface area contributed by atoms with Crippen molar-refractivity contribution in [2.45, 2.75) is 25.2 Å². The van der Waals surface area contributed by atoms with Crippen molar-refractivity contribution in [1.29, 1.82) is 5.26 Å². The van der Waals surface area contributed by atoms with Crippen molar-refractivity contribution < 1.29 is 4.79 Å². The molecule has 7 heteroatoms. The fourth-order valence-electron chi connectivity index (χ4n) is 2.78. The first-order valence-electron chi connectivity index (χ1n) is 8.09. The first-order chi connectivity index (χ1) is 12.2. The molecule has 126 valence electrons. The van der Waals surface area contributed by atoms with Crippen LogP contribution in [0.1, 0.15) is 31.0 Å². The lowest BCUT2D eigenvalue weighted by Gasteiger charge is -2.18. The molecule has 1 heterocycles. The van der Waals surface area contributed by atoms with Gasteiger partial charge in [-0.1, -0.05) is 30.4 Å². The second-order valence-electron chi connectivity index (χ2n) is 5.81. The van der Waals surface area contributed by atoms with Gasteiger partial charge in [0.2, 0.25) is 11.9 Å². The number of aromatic nitrogens is 3. The van der Waals surface area contributed by atoms with Gasteiger partial charge in [-0.3, -0.25) is 4.79 Å². The van der Waals surface area contributed by atoms with Crippen LogP contribution in [0.4, 0.5) is 17.6 Å². The lowest BCUT2D eigenvalue weighted by molar-refractivity contribution is -0.123. The summed E-state index contributed by atoms with van der Waals surface area (Å²) in [6, 6.07) is 11.3. The molecule has 0 radical (unpaired) electrons. The molecule has 0 unspecified atom stereocenters. The molecule has 0 saturated heterocycles. The highest BCUT2D eigenvalue weighted by Crippen LogP contribution is 2.26. The number of Topliss-reactive ketones (excluding diaryl/α,β-unsaturated/α-hetero) is 1. The standard InChI is InChI=1S/C18H18N6O/c19-11-14(15(25)12-7-3-1-4-8-12)16-22-17(20)24-18(23-16)21-13-9-5-2-6-10-13/h1-3,5-6,9-10,12,14H,4,7-8H2,(H3,20,21,22,23,24)/t12-,14-/m0/s1. The van der Waals surface area contributed by atoms with Gasteiger partial charge in [0.05, 0.1) is 6.07 Å². The van der Waals surface area contributed by atoms with Gasteiger partial charge in [0.1, 0.15) is 0 Å². The number of carbonyl (C=O) groups excluding carboxylic acids is 1. The van der Waals surface area contributed by atoms with Crippen LogP contribution >= 0.6 is 0 Å². The van der Waals surface area contributed by atoms with Crippen LogP contribution in [0.15, 0.2) is 42.5 Å². The minimum absolute atomic E-state index is 0.0278. The Balaban J connectivity index is 1.86. The van der Waals surface area contributed by atoms with Crippen molar-refractivity contribution in [3.63, 3.8) is 0 Å². The molecule has 0 amide bonds. The van der Waals surface area contributed by atoms with Crippen molar-refractivity contribution in [2.24, 2.45) is 5.92 Å². The van der Waals surface area contributed by atoms with Crippen molar-refractivity contribution in [1.82, 2.24) is 15.0 Å². The van der Waals surface area contributed by atoms with Crippen LogP contribution in [0.25, 0.3) is 0 Å². The number of hydrogen-bond donors (Lipinski definition) is 2. The van der Waals surface area contributed by atoms with E-state index in [1.165, 1.54) is 0 Å². The summed E-state index contributed by atoms with van der Waals surface area (Å²) in [5, 5.41) is 12.5. The molecule has 25 heavy (non-hydrogen) atoms. The molecule has 0 fully saturated rings. The third kappa shape index (κ3) is 3.98. The summed E-state index contributed by atoms with van der Waals surface area (Å²) in [6.07, 6.45) is 6.25. The molecule has 1 aromatic heterocycles. The van der Waals surface area contributed by atoms with Gasteiger partial charge in [-0.05, 0) is 31.4 Å². The quantitative estimate of drug-likeness (QED) is 0.807. The summed E-state index contributed by atoms with van der Waals surface area (Å²) in [4.78, 5) is 25.0. The highest BCUT2D eigenvalue weighted by atomic mass is 16.1. The Morgan fingerprint density at radius 1 is 1.24 bits per heavy atom. The number of ketones is 1. The fraction of sp³-hybridized carbons (Fsp3) is 0.278. The number of nitriles is 1. The smallest absolute Gasteiger partial charge is 0.232 e. The topological polar surface area (TPSA) is 118 Å². The molecule has 1 aliphatic carbocycles. The highest BCUT2D eigenvalue weighted by Gasteiger charge is 2.31. The number of nitrogen functional groups attached to an aromatic ring is 1. The monoisotopic (exact) mass is 334 g/mol. The summed E-state index contributed by atoms with van der Waals surface area (Å²) >= 11 is 0. The van der Waals surface area contributed by atoms with E-state index in [-0.39, 0.29) is 29.4 Å². The predicted molar refractivity (Wildman–Crippen MR) is 93.8 cm³/mol. The van der Waals surface area contributed by atoms with Gasteiger partial charge in [-0.25, -0.2) is 0 Å². The summed E-state index contributed by atoms with van der Waals surface area (Å²) in [7, 11) is 0. The SMILES string of the molecule is N#C[C@@H](C(=O)[C@H]1CC=CCC1)c1nc(N)nc(Nc2ccccc2)n1. The van der Waals surface area contributed by atoms with Crippen LogP contribution < -0.4 is 11.1 Å². The summed E-state index contributed by atoms with van der Waals surface area (Å²) in [5.74, 6) is -1.11. The van der Waals surface area contributed by atoms with E-state index in [9.17, 15) is 10.1 Å². The van der Waals surface area contributed by atoms with Crippen molar-refractivity contribution in [2.75, 3.05) is 11.1 Å². The number of nitrogens with one attached hydrogen (secondary N) is 1. The molecule has 3 rings (SSSR count). The number of benzene rings is 1. The number of anilines is 3. The van der Waals surface area contributed by atoms with Gasteiger partial charge >= 0.3 is 0 Å². The molecule has 0 bridgehead atoms. The Morgan fingerprint density at radius 3 is 2.72 bits per heavy atom. The Kier molecular flexibility index (Phi) is 5.00. The maximum absolute atomic E-state index is 12.7. The first-order valence-corrected chi connectivity index (χ1v) is 8.09. The fourth-order valence-corrected chi connectivity index (χ4v) is 2.78. The average Bonchev–Trinajstić information content (AvgIpc) is 2.63. The maximum atomic E-state index is 12.7. The summed E-state index contributed by atoms with van der Waals surface area (Å²) < 4.78 is 0. The molecule has 1 aromatic carbocycles. The normalized spacial score (nSPS) is 17.5. The lowest BCUT2D eigenvalue weighted by atomic mass is 9.84. The number of hydrogen-bond acceptors (Lipinski definition) is 7. The van der Waals surface area contributed by atoms with Gasteiger partial charge in [0, 0.05) is 11.6 Å². The van der Waals surface area contributed by atoms with Crippen LogP contribution in [0.2, 0.25) is 0 Å². The van der Waals surface area contributed by atoms with Gasteiger partial charge < -0.3 is 11.1 Å². The number of rotatable bonds is 5. The number of nitrogens with zero attached hydrogens (tertiary/aromatic N) is 4. The third-order valence-electron chi connectivity index (χ3n) is 4.04. The second kappa shape index (κ2) is 7.53. The van der Waals surface area contributed by atoms with Gasteiger partial charge in [0.25, 0.3) is 0 Å². The van der Waals surface area contributed by atoms with Gasteiger partial charge in [0.15, 0.2) is 17.5 Å². The van der Waals surface area contributed by atoms with E-state index < -0.39 is 5.92 Å². The van der Waals surface area contributed by atoms with Crippen LogP contribution in [-0.4, -0.2) is 20.7 Å². The largest absolute Gasteiger partial charge is 0.368 e. The van der Waals surface area contributed by atoms with Crippen LogP contribution in [0.5, 0.6) is 0 Å². The first kappa shape index (κ1) is 16.6. The highest BCUT2D eigenvalue weighted by molar-refractivity contribution is 5.90. The maximum Gasteiger partial charge on any atom is 0.232 e. The van der Waals surface area contributed by atoms with Crippen molar-refractivity contribution in [3.8, 4) is 6.07 Å². The number of para-hydroxylation sites is 1. The molecule has 0 spiro atoms. The number of allylic oxidation sites excluding steroid dienone is 2. The molecule has 0 saturated carbocycles. The van der Waals surface area contributed by atoms with E-state index in [1.807, 2.05) is 48.6 Å². The zero-order valence-electron chi connectivity index (χ0n) is 13.6. The summed E-state index contributed by atoms with van der Waals surface area (Å²) in [6.45, 7) is 0. The molecule has 2 aromatic rings. The Bertz CT molecular complexity index is 827. The van der Waals surface area contributed by atoms with Crippen molar-refractivity contribution >= 4 is 23.4 Å². The zero-order valence-corrected chi connectivity index (χ0v) is 13.6.